The smallest absolute Gasteiger partial charge is 0.265 e. The van der Waals surface area contributed by atoms with Gasteiger partial charge in [0.2, 0.25) is 5.91 Å². The van der Waals surface area contributed by atoms with Crippen molar-refractivity contribution in [2.24, 2.45) is 0 Å². The van der Waals surface area contributed by atoms with Crippen LogP contribution in [0.4, 0.5) is 5.69 Å². The summed E-state index contributed by atoms with van der Waals surface area (Å²) in [4.78, 5) is 31.3. The molecule has 0 spiro atoms. The number of hydrogen-bond donors (Lipinski definition) is 0. The second-order valence-corrected chi connectivity index (χ2v) is 10.2. The van der Waals surface area contributed by atoms with Crippen molar-refractivity contribution in [3.05, 3.63) is 54.1 Å². The van der Waals surface area contributed by atoms with E-state index in [2.05, 4.69) is 4.90 Å². The number of hydrogen-bond acceptors (Lipinski definition) is 6. The van der Waals surface area contributed by atoms with Crippen LogP contribution in [-0.2, 0) is 26.0 Å². The molecule has 2 aliphatic heterocycles. The van der Waals surface area contributed by atoms with Gasteiger partial charge in [0.1, 0.15) is 12.3 Å². The highest BCUT2D eigenvalue weighted by atomic mass is 32.2. The summed E-state index contributed by atoms with van der Waals surface area (Å²) in [5, 5.41) is 0. The molecular weight excluding hydrogens is 430 g/mol. The van der Waals surface area contributed by atoms with Gasteiger partial charge in [-0.2, -0.15) is 0 Å². The fourth-order valence-electron chi connectivity index (χ4n) is 4.04. The Morgan fingerprint density at radius 1 is 1.00 bits per heavy atom. The quantitative estimate of drug-likeness (QED) is 0.677. The van der Waals surface area contributed by atoms with E-state index in [4.69, 9.17) is 4.74 Å². The van der Waals surface area contributed by atoms with Crippen LogP contribution in [0.3, 0.4) is 0 Å². The molecule has 9 heteroatoms. The van der Waals surface area contributed by atoms with E-state index in [-0.39, 0.29) is 25.0 Å². The molecule has 2 aromatic rings. The summed E-state index contributed by atoms with van der Waals surface area (Å²) in [5.41, 5.74) is 1.67. The van der Waals surface area contributed by atoms with Crippen LogP contribution in [-0.4, -0.2) is 75.6 Å². The number of fused-ring (bicyclic) bond motifs is 1. The average Bonchev–Trinajstić information content (AvgIpc) is 3.01. The molecule has 0 saturated carbocycles. The zero-order chi connectivity index (χ0) is 22.7. The van der Waals surface area contributed by atoms with Gasteiger partial charge in [-0.1, -0.05) is 24.3 Å². The standard InChI is InChI=1S/C23H27N3O5S/c1-32(29,30)19-9-7-18(8-10-19)15-24-11-4-12-25(14-13-24)22(27)16-26-20-5-2-3-6-21(20)31-17-23(26)28/h2-3,5-10H,4,11-17H2,1H3. The van der Waals surface area contributed by atoms with E-state index in [1.165, 1.54) is 11.2 Å². The van der Waals surface area contributed by atoms with Crippen LogP contribution in [0.25, 0.3) is 0 Å². The Kier molecular flexibility index (Phi) is 6.48. The van der Waals surface area contributed by atoms with Crippen molar-refractivity contribution >= 4 is 27.3 Å². The first-order chi connectivity index (χ1) is 15.3. The molecule has 0 aliphatic carbocycles. The number of carbonyl (C=O) groups excluding carboxylic acids is 2. The van der Waals surface area contributed by atoms with Crippen molar-refractivity contribution in [3.63, 3.8) is 0 Å². The summed E-state index contributed by atoms with van der Waals surface area (Å²) < 4.78 is 28.7. The highest BCUT2D eigenvalue weighted by Gasteiger charge is 2.29. The van der Waals surface area contributed by atoms with E-state index < -0.39 is 9.84 Å². The summed E-state index contributed by atoms with van der Waals surface area (Å²) in [6, 6.07) is 14.2. The number of amides is 2. The minimum Gasteiger partial charge on any atom is -0.482 e. The predicted molar refractivity (Wildman–Crippen MR) is 120 cm³/mol. The molecule has 2 heterocycles. The second kappa shape index (κ2) is 9.30. The molecule has 1 saturated heterocycles. The summed E-state index contributed by atoms with van der Waals surface area (Å²) in [6.45, 7) is 3.43. The van der Waals surface area contributed by atoms with E-state index >= 15 is 0 Å². The van der Waals surface area contributed by atoms with Crippen LogP contribution in [0.5, 0.6) is 5.75 Å². The molecule has 0 unspecified atom stereocenters. The van der Waals surface area contributed by atoms with E-state index in [1.807, 2.05) is 29.2 Å². The van der Waals surface area contributed by atoms with Gasteiger partial charge in [-0.3, -0.25) is 19.4 Å². The summed E-state index contributed by atoms with van der Waals surface area (Å²) >= 11 is 0. The lowest BCUT2D eigenvalue weighted by Gasteiger charge is -2.31. The van der Waals surface area contributed by atoms with Gasteiger partial charge in [-0.15, -0.1) is 0 Å². The zero-order valence-corrected chi connectivity index (χ0v) is 18.9. The number of anilines is 1. The molecule has 1 fully saturated rings. The van der Waals surface area contributed by atoms with Crippen LogP contribution in [0.2, 0.25) is 0 Å². The van der Waals surface area contributed by atoms with Crippen molar-refractivity contribution in [2.45, 2.75) is 17.9 Å². The normalized spacial score (nSPS) is 17.5. The Morgan fingerprint density at radius 3 is 2.50 bits per heavy atom. The molecule has 2 amide bonds. The lowest BCUT2D eigenvalue weighted by atomic mass is 10.2. The monoisotopic (exact) mass is 457 g/mol. The summed E-state index contributed by atoms with van der Waals surface area (Å²) in [6.07, 6.45) is 2.03. The third-order valence-electron chi connectivity index (χ3n) is 5.80. The summed E-state index contributed by atoms with van der Waals surface area (Å²) in [7, 11) is -3.20. The number of nitrogens with zero attached hydrogens (tertiary/aromatic N) is 3. The Bertz CT molecular complexity index is 1100. The fourth-order valence-corrected chi connectivity index (χ4v) is 4.67. The highest BCUT2D eigenvalue weighted by molar-refractivity contribution is 7.90. The van der Waals surface area contributed by atoms with Crippen LogP contribution < -0.4 is 9.64 Å². The molecule has 4 rings (SSSR count). The molecule has 2 aromatic carbocycles. The van der Waals surface area contributed by atoms with Crippen LogP contribution >= 0.6 is 0 Å². The van der Waals surface area contributed by atoms with E-state index in [9.17, 15) is 18.0 Å². The molecule has 170 valence electrons. The Morgan fingerprint density at radius 2 is 1.75 bits per heavy atom. The molecule has 0 N–H and O–H groups in total. The molecule has 0 aromatic heterocycles. The maximum Gasteiger partial charge on any atom is 0.265 e. The first-order valence-corrected chi connectivity index (χ1v) is 12.5. The van der Waals surface area contributed by atoms with Gasteiger partial charge in [0, 0.05) is 39.0 Å². The molecule has 32 heavy (non-hydrogen) atoms. The number of benzene rings is 2. The van der Waals surface area contributed by atoms with Gasteiger partial charge in [0.25, 0.3) is 5.91 Å². The number of rotatable bonds is 5. The topological polar surface area (TPSA) is 87.2 Å². The van der Waals surface area contributed by atoms with Crippen molar-refractivity contribution in [1.82, 2.24) is 9.80 Å². The number of sulfone groups is 1. The Labute approximate surface area is 188 Å². The third-order valence-corrected chi connectivity index (χ3v) is 6.93. The largest absolute Gasteiger partial charge is 0.482 e. The van der Waals surface area contributed by atoms with Gasteiger partial charge in [-0.05, 0) is 36.2 Å². The summed E-state index contributed by atoms with van der Waals surface area (Å²) in [5.74, 6) is 0.323. The number of carbonyl (C=O) groups is 2. The molecule has 8 nitrogen and oxygen atoms in total. The number of ether oxygens (including phenoxy) is 1. The minimum atomic E-state index is -3.20. The lowest BCUT2D eigenvalue weighted by molar-refractivity contribution is -0.131. The SMILES string of the molecule is CS(=O)(=O)c1ccc(CN2CCCN(C(=O)CN3C(=O)COc4ccccc43)CC2)cc1. The first kappa shape index (κ1) is 22.3. The van der Waals surface area contributed by atoms with Gasteiger partial charge in [0.05, 0.1) is 10.6 Å². The van der Waals surface area contributed by atoms with Gasteiger partial charge >= 0.3 is 0 Å². The molecule has 0 bridgehead atoms. The van der Waals surface area contributed by atoms with Gasteiger partial charge in [-0.25, -0.2) is 8.42 Å². The number of para-hydroxylation sites is 2. The van der Waals surface area contributed by atoms with Crippen LogP contribution in [0.1, 0.15) is 12.0 Å². The minimum absolute atomic E-state index is 0.00611. The van der Waals surface area contributed by atoms with Crippen molar-refractivity contribution < 1.29 is 22.7 Å². The lowest BCUT2D eigenvalue weighted by Crippen LogP contribution is -2.47. The average molecular weight is 458 g/mol. The van der Waals surface area contributed by atoms with Crippen molar-refractivity contribution in [3.8, 4) is 5.75 Å². The van der Waals surface area contributed by atoms with Crippen molar-refractivity contribution in [2.75, 3.05) is 50.5 Å². The van der Waals surface area contributed by atoms with E-state index in [0.29, 0.717) is 42.5 Å². The fraction of sp³-hybridized carbons (Fsp3) is 0.391. The van der Waals surface area contributed by atoms with Crippen molar-refractivity contribution in [1.29, 1.82) is 0 Å². The Balaban J connectivity index is 1.35. The molecule has 0 radical (unpaired) electrons. The van der Waals surface area contributed by atoms with Crippen LogP contribution in [0, 0.1) is 0 Å². The van der Waals surface area contributed by atoms with Gasteiger partial charge < -0.3 is 9.64 Å². The molecular formula is C23H27N3O5S. The van der Waals surface area contributed by atoms with E-state index in [1.54, 1.807) is 24.3 Å². The highest BCUT2D eigenvalue weighted by Crippen LogP contribution is 2.31. The predicted octanol–water partition coefficient (Wildman–Crippen LogP) is 1.55. The second-order valence-electron chi connectivity index (χ2n) is 8.16. The first-order valence-electron chi connectivity index (χ1n) is 10.6. The maximum atomic E-state index is 13.0. The van der Waals surface area contributed by atoms with Crippen LogP contribution in [0.15, 0.2) is 53.4 Å². The molecule has 0 atom stereocenters. The molecule has 2 aliphatic rings. The van der Waals surface area contributed by atoms with E-state index in [0.717, 1.165) is 18.5 Å². The maximum absolute atomic E-state index is 13.0. The third kappa shape index (κ3) is 5.11. The zero-order valence-electron chi connectivity index (χ0n) is 18.1. The Hall–Kier alpha value is -2.91. The van der Waals surface area contributed by atoms with Gasteiger partial charge in [0.15, 0.2) is 16.4 Å².